The highest BCUT2D eigenvalue weighted by Gasteiger charge is 2.20. The highest BCUT2D eigenvalue weighted by molar-refractivity contribution is 5.83. The maximum absolute atomic E-state index is 13.6. The molecular weight excluding hydrogens is 251 g/mol. The maximum atomic E-state index is 13.6. The molecule has 0 aromatic heterocycles. The Morgan fingerprint density at radius 1 is 1.42 bits per heavy atom. The molecule has 1 atom stereocenters. The summed E-state index contributed by atoms with van der Waals surface area (Å²) in [6.07, 6.45) is 0. The van der Waals surface area contributed by atoms with Crippen LogP contribution in [0.2, 0.25) is 0 Å². The zero-order chi connectivity index (χ0) is 14.4. The number of esters is 1. The summed E-state index contributed by atoms with van der Waals surface area (Å²) in [6, 6.07) is 3.81. The second kappa shape index (κ2) is 6.72. The Bertz CT molecular complexity index is 457. The lowest BCUT2D eigenvalue weighted by atomic mass is 10.2. The lowest BCUT2D eigenvalue weighted by Crippen LogP contribution is -2.45. The van der Waals surface area contributed by atoms with E-state index in [1.54, 1.807) is 19.1 Å². The van der Waals surface area contributed by atoms with Crippen molar-refractivity contribution in [1.29, 1.82) is 0 Å². The quantitative estimate of drug-likeness (QED) is 0.788. The van der Waals surface area contributed by atoms with Gasteiger partial charge in [-0.15, -0.1) is 0 Å². The number of benzene rings is 1. The molecule has 0 bridgehead atoms. The number of carbonyl (C=O) groups excluding carboxylic acids is 2. The molecule has 104 valence electrons. The summed E-state index contributed by atoms with van der Waals surface area (Å²) in [7, 11) is 1.23. The summed E-state index contributed by atoms with van der Waals surface area (Å²) in [4.78, 5) is 22.5. The van der Waals surface area contributed by atoms with E-state index in [-0.39, 0.29) is 12.5 Å². The van der Waals surface area contributed by atoms with Crippen molar-refractivity contribution in [2.24, 2.45) is 0 Å². The van der Waals surface area contributed by atoms with Crippen LogP contribution in [0.1, 0.15) is 12.5 Å². The zero-order valence-electron chi connectivity index (χ0n) is 11.1. The summed E-state index contributed by atoms with van der Waals surface area (Å²) >= 11 is 0. The molecule has 19 heavy (non-hydrogen) atoms. The number of rotatable bonds is 5. The first-order valence-electron chi connectivity index (χ1n) is 5.79. The van der Waals surface area contributed by atoms with E-state index in [1.807, 2.05) is 0 Å². The molecule has 1 aromatic carbocycles. The Morgan fingerprint density at radius 3 is 2.63 bits per heavy atom. The van der Waals surface area contributed by atoms with Crippen LogP contribution in [0.15, 0.2) is 18.2 Å². The van der Waals surface area contributed by atoms with Gasteiger partial charge in [0.25, 0.3) is 0 Å². The number of hydrogen-bond donors (Lipinski definition) is 2. The fraction of sp³-hybridized carbons (Fsp3) is 0.385. The normalized spacial score (nSPS) is 11.6. The number of halogens is 1. The lowest BCUT2D eigenvalue weighted by Gasteiger charge is -2.18. The van der Waals surface area contributed by atoms with Gasteiger partial charge < -0.3 is 15.4 Å². The van der Waals surface area contributed by atoms with Gasteiger partial charge in [0.1, 0.15) is 11.9 Å². The summed E-state index contributed by atoms with van der Waals surface area (Å²) in [5.41, 5.74) is 1.02. The fourth-order valence-electron chi connectivity index (χ4n) is 1.64. The Morgan fingerprint density at radius 2 is 2.11 bits per heavy atom. The van der Waals surface area contributed by atoms with Gasteiger partial charge in [0, 0.05) is 13.5 Å². The van der Waals surface area contributed by atoms with Gasteiger partial charge in [-0.25, -0.2) is 9.18 Å². The monoisotopic (exact) mass is 268 g/mol. The van der Waals surface area contributed by atoms with Crippen molar-refractivity contribution in [1.82, 2.24) is 5.32 Å². The molecule has 0 aliphatic carbocycles. The average Bonchev–Trinajstić information content (AvgIpc) is 2.35. The van der Waals surface area contributed by atoms with Crippen molar-refractivity contribution in [3.05, 3.63) is 29.6 Å². The molecule has 0 heterocycles. The Balaban J connectivity index is 2.76. The number of anilines is 1. The summed E-state index contributed by atoms with van der Waals surface area (Å²) in [5.74, 6) is -1.36. The van der Waals surface area contributed by atoms with Gasteiger partial charge in [-0.3, -0.25) is 4.79 Å². The van der Waals surface area contributed by atoms with Crippen molar-refractivity contribution in [2.45, 2.75) is 19.9 Å². The van der Waals surface area contributed by atoms with E-state index in [1.165, 1.54) is 20.1 Å². The second-order valence-corrected chi connectivity index (χ2v) is 4.09. The van der Waals surface area contributed by atoms with Gasteiger partial charge >= 0.3 is 5.97 Å². The molecule has 0 radical (unpaired) electrons. The fourth-order valence-corrected chi connectivity index (χ4v) is 1.64. The van der Waals surface area contributed by atoms with Gasteiger partial charge in [0.05, 0.1) is 12.8 Å². The predicted molar refractivity (Wildman–Crippen MR) is 69.2 cm³/mol. The molecule has 0 saturated heterocycles. The third-order valence-electron chi connectivity index (χ3n) is 2.57. The van der Waals surface area contributed by atoms with E-state index in [0.29, 0.717) is 11.3 Å². The molecular formula is C13H17FN2O3. The van der Waals surface area contributed by atoms with Crippen LogP contribution in [0, 0.1) is 12.7 Å². The summed E-state index contributed by atoms with van der Waals surface area (Å²) < 4.78 is 18.2. The largest absolute Gasteiger partial charge is 0.467 e. The molecule has 1 rings (SSSR count). The zero-order valence-corrected chi connectivity index (χ0v) is 11.1. The van der Waals surface area contributed by atoms with Crippen LogP contribution in [0.25, 0.3) is 0 Å². The SMILES string of the molecule is COC(=O)C(CNc1c(C)cccc1F)NC(C)=O. The molecule has 1 aromatic rings. The van der Waals surface area contributed by atoms with Gasteiger partial charge in [-0.05, 0) is 18.6 Å². The predicted octanol–water partition coefficient (Wildman–Crippen LogP) is 1.22. The number of aryl methyl sites for hydroxylation is 1. The number of ether oxygens (including phenoxy) is 1. The highest BCUT2D eigenvalue weighted by Crippen LogP contribution is 2.18. The van der Waals surface area contributed by atoms with Gasteiger partial charge in [0.2, 0.25) is 5.91 Å². The molecule has 0 saturated carbocycles. The first kappa shape index (κ1) is 14.9. The van der Waals surface area contributed by atoms with Crippen molar-refractivity contribution in [2.75, 3.05) is 19.0 Å². The van der Waals surface area contributed by atoms with Crippen LogP contribution in [0.5, 0.6) is 0 Å². The van der Waals surface area contributed by atoms with Crippen molar-refractivity contribution < 1.29 is 18.7 Å². The van der Waals surface area contributed by atoms with Crippen LogP contribution >= 0.6 is 0 Å². The Labute approximate surface area is 111 Å². The summed E-state index contributed by atoms with van der Waals surface area (Å²) in [5, 5.41) is 5.25. The third-order valence-corrected chi connectivity index (χ3v) is 2.57. The van der Waals surface area contributed by atoms with E-state index >= 15 is 0 Å². The van der Waals surface area contributed by atoms with E-state index in [2.05, 4.69) is 15.4 Å². The van der Waals surface area contributed by atoms with Crippen molar-refractivity contribution in [3.63, 3.8) is 0 Å². The van der Waals surface area contributed by atoms with Gasteiger partial charge in [-0.2, -0.15) is 0 Å². The second-order valence-electron chi connectivity index (χ2n) is 4.09. The van der Waals surface area contributed by atoms with E-state index < -0.39 is 17.8 Å². The number of amides is 1. The molecule has 5 nitrogen and oxygen atoms in total. The van der Waals surface area contributed by atoms with Crippen LogP contribution < -0.4 is 10.6 Å². The molecule has 1 unspecified atom stereocenters. The molecule has 0 aliphatic rings. The first-order valence-corrected chi connectivity index (χ1v) is 5.79. The minimum atomic E-state index is -0.860. The molecule has 6 heteroatoms. The smallest absolute Gasteiger partial charge is 0.330 e. The number of methoxy groups -OCH3 is 1. The van der Waals surface area contributed by atoms with Gasteiger partial charge in [-0.1, -0.05) is 12.1 Å². The van der Waals surface area contributed by atoms with Gasteiger partial charge in [0.15, 0.2) is 0 Å². The van der Waals surface area contributed by atoms with Crippen LogP contribution in [0.4, 0.5) is 10.1 Å². The Hall–Kier alpha value is -2.11. The summed E-state index contributed by atoms with van der Waals surface area (Å²) in [6.45, 7) is 3.09. The number of nitrogens with one attached hydrogen (secondary N) is 2. The van der Waals surface area contributed by atoms with Crippen LogP contribution in [-0.2, 0) is 14.3 Å². The molecule has 2 N–H and O–H groups in total. The maximum Gasteiger partial charge on any atom is 0.330 e. The lowest BCUT2D eigenvalue weighted by molar-refractivity contribution is -0.144. The molecule has 0 spiro atoms. The molecule has 0 fully saturated rings. The minimum absolute atomic E-state index is 0.0496. The standard InChI is InChI=1S/C13H17FN2O3/c1-8-5-4-6-10(14)12(8)15-7-11(13(18)19-3)16-9(2)17/h4-6,11,15H,7H2,1-3H3,(H,16,17). The minimum Gasteiger partial charge on any atom is -0.467 e. The third kappa shape index (κ3) is 4.24. The Kier molecular flexibility index (Phi) is 5.29. The molecule has 0 aliphatic heterocycles. The van der Waals surface area contributed by atoms with Crippen LogP contribution in [0.3, 0.4) is 0 Å². The van der Waals surface area contributed by atoms with Crippen molar-refractivity contribution in [3.8, 4) is 0 Å². The molecule has 1 amide bonds. The van der Waals surface area contributed by atoms with E-state index in [0.717, 1.165) is 0 Å². The van der Waals surface area contributed by atoms with E-state index in [9.17, 15) is 14.0 Å². The average molecular weight is 268 g/mol. The highest BCUT2D eigenvalue weighted by atomic mass is 19.1. The topological polar surface area (TPSA) is 67.4 Å². The number of hydrogen-bond acceptors (Lipinski definition) is 4. The number of para-hydroxylation sites is 1. The van der Waals surface area contributed by atoms with E-state index in [4.69, 9.17) is 0 Å². The van der Waals surface area contributed by atoms with Crippen molar-refractivity contribution >= 4 is 17.6 Å². The number of carbonyl (C=O) groups is 2. The first-order chi connectivity index (χ1) is 8.95. The van der Waals surface area contributed by atoms with Crippen LogP contribution in [-0.4, -0.2) is 31.6 Å².